The number of carbonyl (C=O) groups is 1. The van der Waals surface area contributed by atoms with Crippen molar-refractivity contribution in [2.75, 3.05) is 23.3 Å². The number of hydrogen-bond acceptors (Lipinski definition) is 6. The third kappa shape index (κ3) is 3.82. The lowest BCUT2D eigenvalue weighted by atomic mass is 10.0. The molecule has 5 rings (SSSR count). The van der Waals surface area contributed by atoms with Crippen LogP contribution in [0.4, 0.5) is 11.6 Å². The minimum Gasteiger partial charge on any atom is -0.476 e. The van der Waals surface area contributed by atoms with Gasteiger partial charge in [0.25, 0.3) is 5.56 Å². The van der Waals surface area contributed by atoms with Crippen LogP contribution in [0.15, 0.2) is 29.1 Å². The zero-order chi connectivity index (χ0) is 23.5. The van der Waals surface area contributed by atoms with Gasteiger partial charge in [-0.05, 0) is 62.3 Å². The summed E-state index contributed by atoms with van der Waals surface area (Å²) in [6, 6.07) is 6.68. The van der Waals surface area contributed by atoms with E-state index in [1.165, 1.54) is 12.8 Å². The topological polar surface area (TPSA) is 100 Å². The first-order chi connectivity index (χ1) is 15.7. The minimum absolute atomic E-state index is 0.0803. The summed E-state index contributed by atoms with van der Waals surface area (Å²) in [5, 5.41) is 13.4. The third-order valence-corrected chi connectivity index (χ3v) is 7.12. The van der Waals surface area contributed by atoms with Crippen LogP contribution in [0.5, 0.6) is 0 Å². The normalized spacial score (nSPS) is 17.5. The second kappa shape index (κ2) is 7.73. The summed E-state index contributed by atoms with van der Waals surface area (Å²) in [7, 11) is 1.78. The molecule has 8 nitrogen and oxygen atoms in total. The molecule has 1 aromatic carbocycles. The molecular weight excluding hydrogens is 442 g/mol. The van der Waals surface area contributed by atoms with Crippen LogP contribution < -0.4 is 15.8 Å². The van der Waals surface area contributed by atoms with E-state index >= 15 is 0 Å². The molecule has 172 valence electrons. The van der Waals surface area contributed by atoms with Crippen LogP contribution in [-0.2, 0) is 7.05 Å². The van der Waals surface area contributed by atoms with E-state index in [2.05, 4.69) is 15.2 Å². The van der Waals surface area contributed by atoms with E-state index in [0.717, 1.165) is 30.6 Å². The van der Waals surface area contributed by atoms with Crippen molar-refractivity contribution in [1.82, 2.24) is 14.5 Å². The number of nitrogens with one attached hydrogen (secondary N) is 1. The molecule has 1 saturated heterocycles. The highest BCUT2D eigenvalue weighted by molar-refractivity contribution is 6.29. The number of fused-ring (bicyclic) bond motifs is 1. The van der Waals surface area contributed by atoms with Gasteiger partial charge in [-0.1, -0.05) is 17.7 Å². The van der Waals surface area contributed by atoms with Crippen LogP contribution in [0, 0.1) is 12.3 Å². The van der Waals surface area contributed by atoms with Crippen molar-refractivity contribution in [3.05, 3.63) is 56.6 Å². The van der Waals surface area contributed by atoms with Gasteiger partial charge in [-0.25, -0.2) is 14.8 Å². The van der Waals surface area contributed by atoms with Gasteiger partial charge < -0.3 is 15.3 Å². The Bertz CT molecular complexity index is 1350. The lowest BCUT2D eigenvalue weighted by Gasteiger charge is -2.23. The van der Waals surface area contributed by atoms with Crippen molar-refractivity contribution < 1.29 is 9.90 Å². The Hall–Kier alpha value is -3.13. The van der Waals surface area contributed by atoms with Gasteiger partial charge in [0.1, 0.15) is 5.15 Å². The molecular formula is C24H26ClN5O3. The monoisotopic (exact) mass is 467 g/mol. The molecule has 33 heavy (non-hydrogen) atoms. The molecule has 1 aliphatic carbocycles. The Morgan fingerprint density at radius 2 is 2.00 bits per heavy atom. The fraction of sp³-hybridized carbons (Fsp3) is 0.417. The summed E-state index contributed by atoms with van der Waals surface area (Å²) >= 11 is 5.90. The SMILES string of the molecule is Cc1cc([C@H](C)Nc2ccc(Cl)nc2C(=O)O)c2nc(N3CCC4(CC4)C3)n(C)c(=O)c2c1. The standard InChI is InChI=1S/C24H26ClN5O3/c1-13-10-15(14(2)26-17-4-5-18(25)27-20(17)22(32)33)19-16(11-13)21(31)29(3)23(28-19)30-9-8-24(12-30)6-7-24/h4-5,10-11,14,26H,6-9,12H2,1-3H3,(H,32,33)/t14-/m0/s1. The van der Waals surface area contributed by atoms with Crippen molar-refractivity contribution in [2.45, 2.75) is 39.2 Å². The summed E-state index contributed by atoms with van der Waals surface area (Å²) in [6.07, 6.45) is 3.64. The molecule has 9 heteroatoms. The zero-order valence-electron chi connectivity index (χ0n) is 18.9. The van der Waals surface area contributed by atoms with Gasteiger partial charge in [0.15, 0.2) is 5.69 Å². The highest BCUT2D eigenvalue weighted by atomic mass is 35.5. The van der Waals surface area contributed by atoms with E-state index in [0.29, 0.717) is 28.0 Å². The summed E-state index contributed by atoms with van der Waals surface area (Å²) in [5.74, 6) is -0.480. The van der Waals surface area contributed by atoms with E-state index < -0.39 is 5.97 Å². The number of rotatable bonds is 5. The van der Waals surface area contributed by atoms with Gasteiger partial charge in [-0.2, -0.15) is 0 Å². The number of pyridine rings is 1. The third-order valence-electron chi connectivity index (χ3n) is 6.91. The molecule has 1 spiro atoms. The van der Waals surface area contributed by atoms with E-state index in [9.17, 15) is 14.7 Å². The smallest absolute Gasteiger partial charge is 0.356 e. The number of carboxylic acids is 1. The van der Waals surface area contributed by atoms with Gasteiger partial charge in [0.05, 0.1) is 22.6 Å². The van der Waals surface area contributed by atoms with E-state index in [1.807, 2.05) is 26.0 Å². The van der Waals surface area contributed by atoms with Crippen LogP contribution in [0.3, 0.4) is 0 Å². The molecule has 0 bridgehead atoms. The molecule has 0 unspecified atom stereocenters. The number of hydrogen-bond donors (Lipinski definition) is 2. The molecule has 1 aliphatic heterocycles. The molecule has 1 atom stereocenters. The predicted octanol–water partition coefficient (Wildman–Crippen LogP) is 4.15. The number of nitrogens with zero attached hydrogens (tertiary/aromatic N) is 4. The Morgan fingerprint density at radius 3 is 2.67 bits per heavy atom. The second-order valence-electron chi connectivity index (χ2n) is 9.40. The van der Waals surface area contributed by atoms with Crippen LogP contribution >= 0.6 is 11.6 Å². The maximum Gasteiger partial charge on any atom is 0.356 e. The van der Waals surface area contributed by atoms with Crippen molar-refractivity contribution in [1.29, 1.82) is 0 Å². The second-order valence-corrected chi connectivity index (χ2v) is 9.79. The quantitative estimate of drug-likeness (QED) is 0.543. The fourth-order valence-electron chi connectivity index (χ4n) is 4.87. The van der Waals surface area contributed by atoms with Crippen molar-refractivity contribution in [3.63, 3.8) is 0 Å². The summed E-state index contributed by atoms with van der Waals surface area (Å²) in [4.78, 5) is 36.1. The van der Waals surface area contributed by atoms with Gasteiger partial charge >= 0.3 is 5.97 Å². The number of anilines is 2. The van der Waals surface area contributed by atoms with Crippen LogP contribution in [0.2, 0.25) is 5.15 Å². The van der Waals surface area contributed by atoms with Crippen molar-refractivity contribution >= 4 is 40.1 Å². The van der Waals surface area contributed by atoms with E-state index in [4.69, 9.17) is 16.6 Å². The first-order valence-electron chi connectivity index (χ1n) is 11.1. The van der Waals surface area contributed by atoms with Gasteiger partial charge in [-0.3, -0.25) is 9.36 Å². The Labute approximate surface area is 196 Å². The van der Waals surface area contributed by atoms with Gasteiger partial charge in [0, 0.05) is 25.7 Å². The van der Waals surface area contributed by atoms with E-state index in [-0.39, 0.29) is 22.4 Å². The number of halogens is 1. The minimum atomic E-state index is -1.17. The largest absolute Gasteiger partial charge is 0.476 e. The molecule has 0 radical (unpaired) electrons. The Kier molecular flexibility index (Phi) is 5.08. The molecule has 3 heterocycles. The highest BCUT2D eigenvalue weighted by Gasteiger charge is 2.48. The number of benzene rings is 1. The van der Waals surface area contributed by atoms with Crippen molar-refractivity contribution in [2.24, 2.45) is 12.5 Å². The molecule has 2 aromatic heterocycles. The van der Waals surface area contributed by atoms with Crippen LogP contribution in [0.1, 0.15) is 53.8 Å². The first-order valence-corrected chi connectivity index (χ1v) is 11.5. The average Bonchev–Trinajstić information content (AvgIpc) is 3.40. The lowest BCUT2D eigenvalue weighted by molar-refractivity contribution is 0.0691. The molecule has 2 aliphatic rings. The fourth-order valence-corrected chi connectivity index (χ4v) is 5.02. The average molecular weight is 468 g/mol. The van der Waals surface area contributed by atoms with Crippen molar-refractivity contribution in [3.8, 4) is 0 Å². The molecule has 0 amide bonds. The molecule has 3 aromatic rings. The molecule has 1 saturated carbocycles. The zero-order valence-corrected chi connectivity index (χ0v) is 19.6. The Balaban J connectivity index is 1.59. The molecule has 2 fully saturated rings. The number of aryl methyl sites for hydroxylation is 1. The maximum absolute atomic E-state index is 13.3. The van der Waals surface area contributed by atoms with Crippen LogP contribution in [-0.4, -0.2) is 38.7 Å². The number of aromatic carboxylic acids is 1. The summed E-state index contributed by atoms with van der Waals surface area (Å²) in [5.41, 5.74) is 2.93. The summed E-state index contributed by atoms with van der Waals surface area (Å²) in [6.45, 7) is 5.70. The van der Waals surface area contributed by atoms with Gasteiger partial charge in [0.2, 0.25) is 5.95 Å². The lowest BCUT2D eigenvalue weighted by Crippen LogP contribution is -2.31. The highest BCUT2D eigenvalue weighted by Crippen LogP contribution is 2.53. The Morgan fingerprint density at radius 1 is 1.24 bits per heavy atom. The summed E-state index contributed by atoms with van der Waals surface area (Å²) < 4.78 is 1.65. The van der Waals surface area contributed by atoms with E-state index in [1.54, 1.807) is 23.7 Å². The molecule has 2 N–H and O–H groups in total. The van der Waals surface area contributed by atoms with Gasteiger partial charge in [-0.15, -0.1) is 0 Å². The predicted molar refractivity (Wildman–Crippen MR) is 128 cm³/mol. The number of carboxylic acid groups (broad SMARTS) is 1. The maximum atomic E-state index is 13.3. The first kappa shape index (κ1) is 21.7. The van der Waals surface area contributed by atoms with Crippen LogP contribution in [0.25, 0.3) is 10.9 Å². The number of aromatic nitrogens is 3.